The van der Waals surface area contributed by atoms with Gasteiger partial charge >= 0.3 is 12.1 Å². The molecule has 1 aliphatic rings. The van der Waals surface area contributed by atoms with Crippen LogP contribution in [0.2, 0.25) is 0 Å². The van der Waals surface area contributed by atoms with Gasteiger partial charge in [0.05, 0.1) is 38.6 Å². The first-order chi connectivity index (χ1) is 21.2. The van der Waals surface area contributed by atoms with Crippen LogP contribution >= 0.6 is 0 Å². The Balaban J connectivity index is 1.60. The fourth-order valence-corrected chi connectivity index (χ4v) is 5.50. The number of ether oxygens (including phenoxy) is 3. The number of carbonyl (C=O) groups excluding carboxylic acids is 2. The van der Waals surface area contributed by atoms with E-state index in [0.717, 1.165) is 23.8 Å². The van der Waals surface area contributed by atoms with Gasteiger partial charge in [0.2, 0.25) is 0 Å². The van der Waals surface area contributed by atoms with Crippen LogP contribution < -0.4 is 20.5 Å². The highest BCUT2D eigenvalue weighted by Crippen LogP contribution is 2.33. The van der Waals surface area contributed by atoms with Crippen LogP contribution in [0.4, 0.5) is 23.2 Å². The molecule has 1 saturated heterocycles. The molecule has 1 N–H and O–H groups in total. The average Bonchev–Trinajstić information content (AvgIpc) is 2.98. The van der Waals surface area contributed by atoms with Crippen LogP contribution in [0.5, 0.6) is 5.75 Å². The van der Waals surface area contributed by atoms with Crippen LogP contribution in [0.1, 0.15) is 32.7 Å². The summed E-state index contributed by atoms with van der Waals surface area (Å²) in [5, 5.41) is 2.51. The molecule has 0 spiro atoms. The third-order valence-corrected chi connectivity index (χ3v) is 7.98. The normalized spacial score (nSPS) is 15.9. The minimum atomic E-state index is -4.60. The van der Waals surface area contributed by atoms with Crippen molar-refractivity contribution in [3.05, 3.63) is 80.5 Å². The number of rotatable bonds is 8. The number of alkyl halides is 3. The monoisotopic (exact) mass is 633 g/mol. The molecule has 2 atom stereocenters. The van der Waals surface area contributed by atoms with Gasteiger partial charge in [-0.25, -0.2) is 9.18 Å². The number of aromatic nitrogens is 1. The molecule has 242 valence electrons. The molecule has 0 aliphatic carbocycles. The SMILES string of the molecule is COC(=O)[C@H](Cc1ccc(-c2c(OC)cc(C)n(C)c2=O)c(C)c1)NC(=O)c1c(C)cc(N2CCOC[C@@H]2C(F)(F)F)cc1F. The topological polar surface area (TPSA) is 99.1 Å². The second kappa shape index (κ2) is 13.3. The third-order valence-electron chi connectivity index (χ3n) is 7.98. The lowest BCUT2D eigenvalue weighted by Gasteiger charge is -2.38. The van der Waals surface area contributed by atoms with Gasteiger partial charge in [0.1, 0.15) is 23.7 Å². The Bertz CT molecular complexity index is 1650. The molecule has 0 unspecified atom stereocenters. The minimum absolute atomic E-state index is 0.0254. The van der Waals surface area contributed by atoms with Gasteiger partial charge in [-0.1, -0.05) is 18.2 Å². The number of hydrogen-bond donors (Lipinski definition) is 1. The molecule has 1 aromatic heterocycles. The Morgan fingerprint density at radius 3 is 2.40 bits per heavy atom. The smallest absolute Gasteiger partial charge is 0.411 e. The molecule has 1 amide bonds. The number of hydrogen-bond acceptors (Lipinski definition) is 7. The minimum Gasteiger partial charge on any atom is -0.496 e. The summed E-state index contributed by atoms with van der Waals surface area (Å²) in [6, 6.07) is 5.94. The van der Waals surface area contributed by atoms with Crippen molar-refractivity contribution in [2.24, 2.45) is 7.05 Å². The predicted molar refractivity (Wildman–Crippen MR) is 159 cm³/mol. The highest BCUT2D eigenvalue weighted by molar-refractivity contribution is 5.98. The zero-order valence-corrected chi connectivity index (χ0v) is 25.8. The molecule has 0 radical (unpaired) electrons. The van der Waals surface area contributed by atoms with Crippen molar-refractivity contribution in [2.45, 2.75) is 45.5 Å². The summed E-state index contributed by atoms with van der Waals surface area (Å²) in [7, 11) is 4.29. The van der Waals surface area contributed by atoms with Crippen molar-refractivity contribution < 1.29 is 41.4 Å². The molecular formula is C32H35F4N3O6. The number of methoxy groups -OCH3 is 2. The lowest BCUT2D eigenvalue weighted by Crippen LogP contribution is -2.53. The molecule has 1 fully saturated rings. The molecule has 0 saturated carbocycles. The highest BCUT2D eigenvalue weighted by atomic mass is 19.4. The summed E-state index contributed by atoms with van der Waals surface area (Å²) in [5.41, 5.74) is 2.46. The van der Waals surface area contributed by atoms with Gasteiger partial charge in [-0.3, -0.25) is 9.59 Å². The third kappa shape index (κ3) is 6.98. The molecule has 2 heterocycles. The first kappa shape index (κ1) is 33.5. The number of carbonyl (C=O) groups is 2. The van der Waals surface area contributed by atoms with Crippen molar-refractivity contribution >= 4 is 17.6 Å². The number of aryl methyl sites for hydroxylation is 3. The Morgan fingerprint density at radius 1 is 1.09 bits per heavy atom. The van der Waals surface area contributed by atoms with E-state index in [1.165, 1.54) is 24.7 Å². The van der Waals surface area contributed by atoms with Gasteiger partial charge in [-0.2, -0.15) is 13.2 Å². The van der Waals surface area contributed by atoms with E-state index >= 15 is 4.39 Å². The molecular weight excluding hydrogens is 598 g/mol. The van der Waals surface area contributed by atoms with E-state index in [1.54, 1.807) is 45.2 Å². The number of nitrogens with one attached hydrogen (secondary N) is 1. The van der Waals surface area contributed by atoms with E-state index in [1.807, 2.05) is 0 Å². The van der Waals surface area contributed by atoms with Gasteiger partial charge in [-0.05, 0) is 55.2 Å². The first-order valence-electron chi connectivity index (χ1n) is 14.1. The van der Waals surface area contributed by atoms with Crippen molar-refractivity contribution in [1.29, 1.82) is 0 Å². The van der Waals surface area contributed by atoms with Crippen LogP contribution in [0.3, 0.4) is 0 Å². The van der Waals surface area contributed by atoms with Crippen LogP contribution in [-0.2, 0) is 27.7 Å². The number of benzene rings is 2. The number of amides is 1. The van der Waals surface area contributed by atoms with Crippen molar-refractivity contribution in [3.8, 4) is 16.9 Å². The zero-order chi connectivity index (χ0) is 33.2. The van der Waals surface area contributed by atoms with E-state index in [0.29, 0.717) is 28.0 Å². The van der Waals surface area contributed by atoms with Crippen LogP contribution in [0.25, 0.3) is 11.1 Å². The maximum absolute atomic E-state index is 15.4. The van der Waals surface area contributed by atoms with Crippen molar-refractivity contribution in [2.75, 3.05) is 38.9 Å². The lowest BCUT2D eigenvalue weighted by atomic mass is 9.95. The van der Waals surface area contributed by atoms with E-state index in [2.05, 4.69) is 5.32 Å². The molecule has 13 heteroatoms. The van der Waals surface area contributed by atoms with E-state index in [-0.39, 0.29) is 36.4 Å². The van der Waals surface area contributed by atoms with Gasteiger partial charge in [-0.15, -0.1) is 0 Å². The largest absolute Gasteiger partial charge is 0.496 e. The molecule has 9 nitrogen and oxygen atoms in total. The summed E-state index contributed by atoms with van der Waals surface area (Å²) in [6.45, 7) is 4.32. The summed E-state index contributed by atoms with van der Waals surface area (Å²) >= 11 is 0. The Kier molecular flexibility index (Phi) is 9.91. The first-order valence-corrected chi connectivity index (χ1v) is 14.1. The Morgan fingerprint density at radius 2 is 1.80 bits per heavy atom. The Labute approximate surface area is 257 Å². The van der Waals surface area contributed by atoms with Crippen LogP contribution in [0.15, 0.2) is 41.2 Å². The van der Waals surface area contributed by atoms with Gasteiger partial charge < -0.3 is 29.0 Å². The lowest BCUT2D eigenvalue weighted by molar-refractivity contribution is -0.167. The number of halogens is 4. The fourth-order valence-electron chi connectivity index (χ4n) is 5.50. The van der Waals surface area contributed by atoms with Crippen molar-refractivity contribution in [1.82, 2.24) is 9.88 Å². The summed E-state index contributed by atoms with van der Waals surface area (Å²) in [6.07, 6.45) is -4.63. The molecule has 4 rings (SSSR count). The maximum Gasteiger partial charge on any atom is 0.411 e. The maximum atomic E-state index is 15.4. The summed E-state index contributed by atoms with van der Waals surface area (Å²) in [4.78, 5) is 40.1. The number of pyridine rings is 1. The number of esters is 1. The standard InChI is InChI=1S/C32H35F4N3O6/c1-17-11-20(7-8-22(17)28-25(43-5)13-19(3)38(4)30(28)41)14-24(31(42)44-6)37-29(40)27-18(2)12-21(15-23(27)33)39-9-10-45-16-26(39)32(34,35)36/h7-8,11-13,15,24,26H,9-10,14,16H2,1-6H3,(H,37,40)/t24-,26+/m0/s1. The van der Waals surface area contributed by atoms with E-state index in [9.17, 15) is 27.6 Å². The van der Waals surface area contributed by atoms with E-state index in [4.69, 9.17) is 14.2 Å². The second-order valence-electron chi connectivity index (χ2n) is 10.9. The summed E-state index contributed by atoms with van der Waals surface area (Å²) in [5.74, 6) is -2.33. The van der Waals surface area contributed by atoms with E-state index < -0.39 is 48.1 Å². The van der Waals surface area contributed by atoms with Crippen LogP contribution in [-0.4, -0.2) is 68.7 Å². The molecule has 2 aromatic carbocycles. The fraction of sp³-hybridized carbons (Fsp3) is 0.406. The second-order valence-corrected chi connectivity index (χ2v) is 10.9. The quantitative estimate of drug-likeness (QED) is 0.290. The predicted octanol–water partition coefficient (Wildman–Crippen LogP) is 4.41. The molecule has 1 aliphatic heterocycles. The highest BCUT2D eigenvalue weighted by Gasteiger charge is 2.45. The zero-order valence-electron chi connectivity index (χ0n) is 25.8. The van der Waals surface area contributed by atoms with Crippen molar-refractivity contribution in [3.63, 3.8) is 0 Å². The summed E-state index contributed by atoms with van der Waals surface area (Å²) < 4.78 is 73.0. The number of anilines is 1. The number of morpholine rings is 1. The van der Waals surface area contributed by atoms with Gasteiger partial charge in [0, 0.05) is 37.5 Å². The molecule has 45 heavy (non-hydrogen) atoms. The Hall–Kier alpha value is -4.39. The van der Waals surface area contributed by atoms with Gasteiger partial charge in [0.15, 0.2) is 0 Å². The van der Waals surface area contributed by atoms with Crippen LogP contribution in [0, 0.1) is 26.6 Å². The number of nitrogens with zero attached hydrogens (tertiary/aromatic N) is 2. The molecule has 0 bridgehead atoms. The van der Waals surface area contributed by atoms with Gasteiger partial charge in [0.25, 0.3) is 11.5 Å². The average molecular weight is 634 g/mol. The molecule has 3 aromatic rings.